The maximum absolute atomic E-state index is 11.9. The first-order chi connectivity index (χ1) is 7.54. The summed E-state index contributed by atoms with van der Waals surface area (Å²) in [5.74, 6) is -0.0133. The number of carbonyl (C=O) groups is 2. The molecule has 0 spiro atoms. The average Bonchev–Trinajstić information content (AvgIpc) is 2.09. The lowest BCUT2D eigenvalue weighted by Gasteiger charge is -2.25. The van der Waals surface area contributed by atoms with Crippen molar-refractivity contribution < 1.29 is 14.3 Å². The molecule has 0 aromatic carbocycles. The smallest absolute Gasteiger partial charge is 0.408 e. The van der Waals surface area contributed by atoms with Crippen LogP contribution in [-0.4, -0.2) is 23.5 Å². The predicted octanol–water partition coefficient (Wildman–Crippen LogP) is 2.76. The molecule has 0 radical (unpaired) electrons. The number of carbonyl (C=O) groups excluding carboxylic acids is 2. The standard InChI is InChI=1S/C13H25NO3/c1-8(2)10(11(15)9(3)4)14-12(16)17-13(5,6)7/h8-10H,1-7H3,(H,14,16). The van der Waals surface area contributed by atoms with Crippen LogP contribution in [-0.2, 0) is 9.53 Å². The normalized spacial score (nSPS) is 13.7. The Bertz CT molecular complexity index is 277. The lowest BCUT2D eigenvalue weighted by atomic mass is 9.93. The summed E-state index contributed by atoms with van der Waals surface area (Å²) < 4.78 is 5.15. The van der Waals surface area contributed by atoms with Gasteiger partial charge in [-0.1, -0.05) is 27.7 Å². The van der Waals surface area contributed by atoms with Gasteiger partial charge in [0.1, 0.15) is 5.60 Å². The summed E-state index contributed by atoms with van der Waals surface area (Å²) in [5.41, 5.74) is -0.549. The summed E-state index contributed by atoms with van der Waals surface area (Å²) in [4.78, 5) is 23.5. The molecule has 0 fully saturated rings. The lowest BCUT2D eigenvalue weighted by Crippen LogP contribution is -2.47. The number of hydrogen-bond donors (Lipinski definition) is 1. The van der Waals surface area contributed by atoms with Gasteiger partial charge < -0.3 is 10.1 Å². The second kappa shape index (κ2) is 6.03. The maximum Gasteiger partial charge on any atom is 0.408 e. The van der Waals surface area contributed by atoms with E-state index in [4.69, 9.17) is 4.74 Å². The first-order valence-corrected chi connectivity index (χ1v) is 6.08. The van der Waals surface area contributed by atoms with Gasteiger partial charge in [0.05, 0.1) is 6.04 Å². The number of ether oxygens (including phenoxy) is 1. The molecule has 0 aliphatic carbocycles. The predicted molar refractivity (Wildman–Crippen MR) is 67.8 cm³/mol. The van der Waals surface area contributed by atoms with Gasteiger partial charge in [-0.3, -0.25) is 4.79 Å². The van der Waals surface area contributed by atoms with E-state index in [0.717, 1.165) is 0 Å². The highest BCUT2D eigenvalue weighted by atomic mass is 16.6. The van der Waals surface area contributed by atoms with Crippen molar-refractivity contribution in [3.05, 3.63) is 0 Å². The van der Waals surface area contributed by atoms with Gasteiger partial charge in [-0.25, -0.2) is 4.79 Å². The Morgan fingerprint density at radius 1 is 1.06 bits per heavy atom. The van der Waals surface area contributed by atoms with Gasteiger partial charge in [-0.05, 0) is 26.7 Å². The minimum atomic E-state index is -0.549. The first-order valence-electron chi connectivity index (χ1n) is 6.08. The van der Waals surface area contributed by atoms with E-state index in [1.54, 1.807) is 20.8 Å². The molecule has 0 saturated carbocycles. The van der Waals surface area contributed by atoms with Crippen molar-refractivity contribution in [3.8, 4) is 0 Å². The molecule has 1 amide bonds. The van der Waals surface area contributed by atoms with E-state index in [1.807, 2.05) is 27.7 Å². The van der Waals surface area contributed by atoms with Crippen LogP contribution >= 0.6 is 0 Å². The molecule has 0 aromatic rings. The van der Waals surface area contributed by atoms with Crippen molar-refractivity contribution in [2.45, 2.75) is 60.1 Å². The molecule has 1 unspecified atom stereocenters. The van der Waals surface area contributed by atoms with Crippen LogP contribution in [0.1, 0.15) is 48.5 Å². The van der Waals surface area contributed by atoms with Crippen LogP contribution in [0.5, 0.6) is 0 Å². The van der Waals surface area contributed by atoms with Gasteiger partial charge in [-0.2, -0.15) is 0 Å². The molecule has 4 heteroatoms. The molecular formula is C13H25NO3. The molecule has 1 N–H and O–H groups in total. The van der Waals surface area contributed by atoms with Crippen molar-refractivity contribution in [2.75, 3.05) is 0 Å². The molecule has 0 bridgehead atoms. The molecule has 0 aliphatic heterocycles. The molecule has 17 heavy (non-hydrogen) atoms. The van der Waals surface area contributed by atoms with Crippen LogP contribution in [0.3, 0.4) is 0 Å². The largest absolute Gasteiger partial charge is 0.444 e. The molecule has 1 atom stereocenters. The van der Waals surface area contributed by atoms with Gasteiger partial charge in [0.15, 0.2) is 5.78 Å². The summed E-state index contributed by atoms with van der Waals surface area (Å²) in [7, 11) is 0. The molecule has 0 saturated heterocycles. The van der Waals surface area contributed by atoms with E-state index in [-0.39, 0.29) is 17.6 Å². The number of alkyl carbamates (subject to hydrolysis) is 1. The highest BCUT2D eigenvalue weighted by Crippen LogP contribution is 2.11. The highest BCUT2D eigenvalue weighted by Gasteiger charge is 2.28. The molecule has 0 aliphatic rings. The lowest BCUT2D eigenvalue weighted by molar-refractivity contribution is -0.125. The topological polar surface area (TPSA) is 55.4 Å². The van der Waals surface area contributed by atoms with Crippen LogP contribution in [0.15, 0.2) is 0 Å². The Labute approximate surface area is 104 Å². The van der Waals surface area contributed by atoms with Crippen LogP contribution in [0.25, 0.3) is 0 Å². The number of ketones is 1. The van der Waals surface area contributed by atoms with Crippen LogP contribution < -0.4 is 5.32 Å². The summed E-state index contributed by atoms with van der Waals surface area (Å²) in [6, 6.07) is -0.482. The van der Waals surface area contributed by atoms with Crippen molar-refractivity contribution in [3.63, 3.8) is 0 Å². The molecule has 0 heterocycles. The van der Waals surface area contributed by atoms with Gasteiger partial charge in [0, 0.05) is 5.92 Å². The van der Waals surface area contributed by atoms with Gasteiger partial charge >= 0.3 is 6.09 Å². The minimum Gasteiger partial charge on any atom is -0.444 e. The Morgan fingerprint density at radius 2 is 1.53 bits per heavy atom. The molecule has 100 valence electrons. The third-order valence-electron chi connectivity index (χ3n) is 2.21. The summed E-state index contributed by atoms with van der Waals surface area (Å²) in [5, 5.41) is 2.64. The van der Waals surface area contributed by atoms with Crippen molar-refractivity contribution in [1.82, 2.24) is 5.32 Å². The zero-order chi connectivity index (χ0) is 13.8. The second-order valence-electron chi connectivity index (χ2n) is 5.92. The van der Waals surface area contributed by atoms with Crippen molar-refractivity contribution >= 4 is 11.9 Å². The Hall–Kier alpha value is -1.06. The quantitative estimate of drug-likeness (QED) is 0.826. The van der Waals surface area contributed by atoms with E-state index in [0.29, 0.717) is 0 Å². The van der Waals surface area contributed by atoms with Crippen LogP contribution in [0.2, 0.25) is 0 Å². The maximum atomic E-state index is 11.9. The van der Waals surface area contributed by atoms with E-state index < -0.39 is 17.7 Å². The second-order valence-corrected chi connectivity index (χ2v) is 5.92. The number of Topliss-reactive ketones (excluding diaryl/α,β-unsaturated/α-hetero) is 1. The zero-order valence-corrected chi connectivity index (χ0v) is 12.0. The van der Waals surface area contributed by atoms with E-state index in [2.05, 4.69) is 5.32 Å². The van der Waals surface area contributed by atoms with Crippen LogP contribution in [0, 0.1) is 11.8 Å². The fourth-order valence-corrected chi connectivity index (χ4v) is 1.36. The van der Waals surface area contributed by atoms with Crippen LogP contribution in [0.4, 0.5) is 4.79 Å². The van der Waals surface area contributed by atoms with Crippen molar-refractivity contribution in [1.29, 1.82) is 0 Å². The van der Waals surface area contributed by atoms with Gasteiger partial charge in [0.2, 0.25) is 0 Å². The third kappa shape index (κ3) is 6.29. The number of amides is 1. The fourth-order valence-electron chi connectivity index (χ4n) is 1.36. The zero-order valence-electron chi connectivity index (χ0n) is 12.0. The number of rotatable bonds is 4. The van der Waals surface area contributed by atoms with E-state index in [9.17, 15) is 9.59 Å². The Kier molecular flexibility index (Phi) is 5.66. The third-order valence-corrected chi connectivity index (χ3v) is 2.21. The number of hydrogen-bond acceptors (Lipinski definition) is 3. The number of nitrogens with one attached hydrogen (secondary N) is 1. The SMILES string of the molecule is CC(C)C(=O)C(NC(=O)OC(C)(C)C)C(C)C. The average molecular weight is 243 g/mol. The fraction of sp³-hybridized carbons (Fsp3) is 0.846. The Balaban J connectivity index is 4.57. The summed E-state index contributed by atoms with van der Waals surface area (Å²) in [6.07, 6.45) is -0.537. The Morgan fingerprint density at radius 3 is 1.82 bits per heavy atom. The molecule has 0 aromatic heterocycles. The highest BCUT2D eigenvalue weighted by molar-refractivity contribution is 5.89. The van der Waals surface area contributed by atoms with Gasteiger partial charge in [0.25, 0.3) is 0 Å². The molecule has 0 rings (SSSR count). The molecular weight excluding hydrogens is 218 g/mol. The van der Waals surface area contributed by atoms with E-state index in [1.165, 1.54) is 0 Å². The minimum absolute atomic E-state index is 0.0332. The summed E-state index contributed by atoms with van der Waals surface area (Å²) >= 11 is 0. The first kappa shape index (κ1) is 15.9. The van der Waals surface area contributed by atoms with Gasteiger partial charge in [-0.15, -0.1) is 0 Å². The summed E-state index contributed by atoms with van der Waals surface area (Å²) in [6.45, 7) is 12.8. The molecule has 4 nitrogen and oxygen atoms in total. The van der Waals surface area contributed by atoms with E-state index >= 15 is 0 Å². The van der Waals surface area contributed by atoms with Crippen molar-refractivity contribution in [2.24, 2.45) is 11.8 Å². The monoisotopic (exact) mass is 243 g/mol.